The first-order valence-corrected chi connectivity index (χ1v) is 9.62. The van der Waals surface area contributed by atoms with Crippen LogP contribution in [0.5, 0.6) is 5.75 Å². The fourth-order valence-corrected chi connectivity index (χ4v) is 4.24. The van der Waals surface area contributed by atoms with Gasteiger partial charge in [-0.25, -0.2) is 0 Å². The van der Waals surface area contributed by atoms with E-state index in [0.29, 0.717) is 32.1 Å². The molecule has 0 N–H and O–H groups in total. The second kappa shape index (κ2) is 7.86. The Labute approximate surface area is 159 Å². The Balaban J connectivity index is 1.41. The molecular formula is C20H26N2O5. The highest BCUT2D eigenvalue weighted by Crippen LogP contribution is 2.31. The van der Waals surface area contributed by atoms with Gasteiger partial charge in [-0.05, 0) is 25.0 Å². The van der Waals surface area contributed by atoms with Crippen LogP contribution in [-0.4, -0.2) is 63.0 Å². The first-order valence-electron chi connectivity index (χ1n) is 9.62. The maximum Gasteiger partial charge on any atom is 0.228 e. The highest BCUT2D eigenvalue weighted by molar-refractivity contribution is 6.00. The first kappa shape index (κ1) is 18.3. The number of amides is 2. The Kier molecular flexibility index (Phi) is 5.31. The summed E-state index contributed by atoms with van der Waals surface area (Å²) in [6, 6.07) is 7.40. The number of anilines is 1. The van der Waals surface area contributed by atoms with E-state index in [1.54, 1.807) is 12.0 Å². The van der Waals surface area contributed by atoms with Gasteiger partial charge in [-0.15, -0.1) is 0 Å². The Bertz CT molecular complexity index is 703. The smallest absolute Gasteiger partial charge is 0.228 e. The van der Waals surface area contributed by atoms with Gasteiger partial charge >= 0.3 is 0 Å². The van der Waals surface area contributed by atoms with Crippen LogP contribution in [0.2, 0.25) is 0 Å². The molecule has 0 spiro atoms. The van der Waals surface area contributed by atoms with Gasteiger partial charge in [-0.2, -0.15) is 0 Å². The molecule has 1 aromatic rings. The molecule has 2 unspecified atom stereocenters. The fourth-order valence-electron chi connectivity index (χ4n) is 4.24. The Morgan fingerprint density at radius 3 is 2.81 bits per heavy atom. The fraction of sp³-hybridized carbons (Fsp3) is 0.600. The Morgan fingerprint density at radius 2 is 2.04 bits per heavy atom. The average Bonchev–Trinajstić information content (AvgIpc) is 3.37. The summed E-state index contributed by atoms with van der Waals surface area (Å²) in [5.41, 5.74) is 0.777. The summed E-state index contributed by atoms with van der Waals surface area (Å²) in [5, 5.41) is 0. The molecule has 0 aliphatic carbocycles. The van der Waals surface area contributed by atoms with Crippen molar-refractivity contribution in [1.29, 1.82) is 0 Å². The van der Waals surface area contributed by atoms with Crippen LogP contribution >= 0.6 is 0 Å². The average molecular weight is 374 g/mol. The SMILES string of the molecule is COc1cccc(N2CC(C(=O)N3CCCC(C4OCCO4)C3)CC2=O)c1. The number of hydrogen-bond acceptors (Lipinski definition) is 5. The molecule has 3 heterocycles. The second-order valence-corrected chi connectivity index (χ2v) is 7.40. The number of likely N-dealkylation sites (tertiary alicyclic amines) is 1. The predicted octanol–water partition coefficient (Wildman–Crippen LogP) is 1.66. The van der Waals surface area contributed by atoms with Crippen molar-refractivity contribution in [1.82, 2.24) is 4.90 Å². The maximum absolute atomic E-state index is 13.0. The van der Waals surface area contributed by atoms with E-state index in [0.717, 1.165) is 25.1 Å². The number of piperidine rings is 1. The zero-order valence-electron chi connectivity index (χ0n) is 15.6. The molecule has 27 heavy (non-hydrogen) atoms. The van der Waals surface area contributed by atoms with Crippen molar-refractivity contribution in [2.45, 2.75) is 25.6 Å². The van der Waals surface area contributed by atoms with E-state index in [-0.39, 0.29) is 36.4 Å². The molecule has 0 aromatic heterocycles. The van der Waals surface area contributed by atoms with Crippen LogP contribution in [0.25, 0.3) is 0 Å². The van der Waals surface area contributed by atoms with Crippen LogP contribution in [0.3, 0.4) is 0 Å². The zero-order valence-corrected chi connectivity index (χ0v) is 15.6. The lowest BCUT2D eigenvalue weighted by atomic mass is 9.95. The maximum atomic E-state index is 13.0. The summed E-state index contributed by atoms with van der Waals surface area (Å²) in [5.74, 6) is 0.671. The van der Waals surface area contributed by atoms with Crippen LogP contribution < -0.4 is 9.64 Å². The number of carbonyl (C=O) groups is 2. The number of nitrogens with zero attached hydrogens (tertiary/aromatic N) is 2. The van der Waals surface area contributed by atoms with Gasteiger partial charge in [-0.1, -0.05) is 6.07 Å². The summed E-state index contributed by atoms with van der Waals surface area (Å²) < 4.78 is 16.5. The van der Waals surface area contributed by atoms with Crippen molar-refractivity contribution in [3.8, 4) is 5.75 Å². The molecule has 3 fully saturated rings. The second-order valence-electron chi connectivity index (χ2n) is 7.40. The van der Waals surface area contributed by atoms with Gasteiger partial charge in [0.25, 0.3) is 0 Å². The minimum Gasteiger partial charge on any atom is -0.497 e. The summed E-state index contributed by atoms with van der Waals surface area (Å²) in [4.78, 5) is 29.2. The van der Waals surface area contributed by atoms with Crippen LogP contribution in [0.15, 0.2) is 24.3 Å². The van der Waals surface area contributed by atoms with E-state index in [9.17, 15) is 9.59 Å². The van der Waals surface area contributed by atoms with E-state index >= 15 is 0 Å². The van der Waals surface area contributed by atoms with E-state index < -0.39 is 0 Å². The molecule has 1 aromatic carbocycles. The molecule has 3 saturated heterocycles. The van der Waals surface area contributed by atoms with Crippen LogP contribution in [0, 0.1) is 11.8 Å². The third kappa shape index (κ3) is 3.80. The van der Waals surface area contributed by atoms with Gasteiger partial charge in [-0.3, -0.25) is 9.59 Å². The lowest BCUT2D eigenvalue weighted by Gasteiger charge is -2.35. The van der Waals surface area contributed by atoms with Crippen molar-refractivity contribution >= 4 is 17.5 Å². The highest BCUT2D eigenvalue weighted by atomic mass is 16.7. The van der Waals surface area contributed by atoms with Crippen molar-refractivity contribution < 1.29 is 23.8 Å². The number of benzene rings is 1. The van der Waals surface area contributed by atoms with E-state index in [1.807, 2.05) is 29.2 Å². The van der Waals surface area contributed by atoms with Crippen molar-refractivity contribution in [3.05, 3.63) is 24.3 Å². The quantitative estimate of drug-likeness (QED) is 0.802. The molecule has 3 aliphatic rings. The summed E-state index contributed by atoms with van der Waals surface area (Å²) in [6.07, 6.45) is 2.01. The van der Waals surface area contributed by atoms with Gasteiger partial charge < -0.3 is 24.0 Å². The zero-order chi connectivity index (χ0) is 18.8. The molecule has 0 bridgehead atoms. The van der Waals surface area contributed by atoms with Crippen molar-refractivity contribution in [2.24, 2.45) is 11.8 Å². The largest absolute Gasteiger partial charge is 0.497 e. The Hall–Kier alpha value is -2.12. The van der Waals surface area contributed by atoms with Crippen molar-refractivity contribution in [3.63, 3.8) is 0 Å². The molecule has 7 nitrogen and oxygen atoms in total. The minimum atomic E-state index is -0.298. The number of carbonyl (C=O) groups excluding carboxylic acids is 2. The first-order chi connectivity index (χ1) is 13.2. The molecule has 3 aliphatic heterocycles. The predicted molar refractivity (Wildman–Crippen MR) is 98.5 cm³/mol. The monoisotopic (exact) mass is 374 g/mol. The third-order valence-corrected chi connectivity index (χ3v) is 5.64. The standard InChI is InChI=1S/C20H26N2O5/c1-25-17-6-2-5-16(11-17)22-13-15(10-18(22)23)19(24)21-7-3-4-14(12-21)20-26-8-9-27-20/h2,5-6,11,14-15,20H,3-4,7-10,12-13H2,1H3. The number of rotatable bonds is 4. The van der Waals surface area contributed by atoms with Crippen LogP contribution in [-0.2, 0) is 19.1 Å². The van der Waals surface area contributed by atoms with Crippen LogP contribution in [0.4, 0.5) is 5.69 Å². The molecule has 0 radical (unpaired) electrons. The van der Waals surface area contributed by atoms with Gasteiger partial charge in [0.05, 0.1) is 26.2 Å². The number of hydrogen-bond donors (Lipinski definition) is 0. The van der Waals surface area contributed by atoms with Crippen LogP contribution in [0.1, 0.15) is 19.3 Å². The highest BCUT2D eigenvalue weighted by Gasteiger charge is 2.40. The topological polar surface area (TPSA) is 68.3 Å². The van der Waals surface area contributed by atoms with E-state index in [4.69, 9.17) is 14.2 Å². The van der Waals surface area contributed by atoms with E-state index in [1.165, 1.54) is 0 Å². The molecule has 2 amide bonds. The molecule has 2 atom stereocenters. The normalized spacial score (nSPS) is 26.6. The number of methoxy groups -OCH3 is 1. The van der Waals surface area contributed by atoms with Crippen molar-refractivity contribution in [2.75, 3.05) is 44.9 Å². The lowest BCUT2D eigenvalue weighted by molar-refractivity contribution is -0.143. The molecule has 0 saturated carbocycles. The summed E-state index contributed by atoms with van der Waals surface area (Å²) in [6.45, 7) is 3.06. The van der Waals surface area contributed by atoms with Gasteiger partial charge in [0.1, 0.15) is 5.75 Å². The lowest BCUT2D eigenvalue weighted by Crippen LogP contribution is -2.46. The molecule has 146 valence electrons. The van der Waals surface area contributed by atoms with E-state index in [2.05, 4.69) is 0 Å². The van der Waals surface area contributed by atoms with Gasteiger partial charge in [0.2, 0.25) is 11.8 Å². The third-order valence-electron chi connectivity index (χ3n) is 5.64. The molecular weight excluding hydrogens is 348 g/mol. The number of ether oxygens (including phenoxy) is 3. The van der Waals surface area contributed by atoms with Gasteiger partial charge in [0, 0.05) is 43.7 Å². The Morgan fingerprint density at radius 1 is 1.22 bits per heavy atom. The molecule has 4 rings (SSSR count). The van der Waals surface area contributed by atoms with Gasteiger partial charge in [0.15, 0.2) is 6.29 Å². The minimum absolute atomic E-state index is 0.0161. The molecule has 7 heteroatoms. The summed E-state index contributed by atoms with van der Waals surface area (Å²) in [7, 11) is 1.60. The summed E-state index contributed by atoms with van der Waals surface area (Å²) >= 11 is 0.